The fraction of sp³-hybridized carbons (Fsp3) is 0.500. The molecule has 0 amide bonds. The third kappa shape index (κ3) is 2.31. The summed E-state index contributed by atoms with van der Waals surface area (Å²) in [6.45, 7) is 0. The van der Waals surface area contributed by atoms with Crippen LogP contribution < -0.4 is 0 Å². The van der Waals surface area contributed by atoms with E-state index in [1.807, 2.05) is 0 Å². The first kappa shape index (κ1) is 8.75. The van der Waals surface area contributed by atoms with Gasteiger partial charge in [-0.3, -0.25) is 4.79 Å². The zero-order valence-electron chi connectivity index (χ0n) is 7.36. The fourth-order valence-corrected chi connectivity index (χ4v) is 2.27. The Labute approximate surface area is 81.5 Å². The highest BCUT2D eigenvalue weighted by molar-refractivity contribution is 7.09. The van der Waals surface area contributed by atoms with Crippen molar-refractivity contribution in [3.63, 3.8) is 0 Å². The molecular formula is C10H12O2S. The molecule has 2 heterocycles. The van der Waals surface area contributed by atoms with Gasteiger partial charge < -0.3 is 4.74 Å². The first-order chi connectivity index (χ1) is 6.34. The van der Waals surface area contributed by atoms with Crippen LogP contribution in [-0.4, -0.2) is 12.1 Å². The molecule has 1 fully saturated rings. The minimum Gasteiger partial charge on any atom is -0.462 e. The van der Waals surface area contributed by atoms with Gasteiger partial charge in [-0.25, -0.2) is 0 Å². The number of carbonyl (C=O) groups is 1. The van der Waals surface area contributed by atoms with Crippen LogP contribution in [0.15, 0.2) is 17.5 Å². The van der Waals surface area contributed by atoms with Crippen molar-refractivity contribution in [3.8, 4) is 0 Å². The number of ether oxygens (including phenoxy) is 1. The van der Waals surface area contributed by atoms with Crippen molar-refractivity contribution in [2.24, 2.45) is 0 Å². The topological polar surface area (TPSA) is 26.3 Å². The summed E-state index contributed by atoms with van der Waals surface area (Å²) in [5.41, 5.74) is 0. The summed E-state index contributed by atoms with van der Waals surface area (Å²) in [5, 5.41) is 2.08. The highest BCUT2D eigenvalue weighted by Crippen LogP contribution is 2.20. The van der Waals surface area contributed by atoms with Crippen LogP contribution in [-0.2, 0) is 16.0 Å². The third-order valence-electron chi connectivity index (χ3n) is 2.26. The smallest absolute Gasteiger partial charge is 0.306 e. The van der Waals surface area contributed by atoms with Crippen molar-refractivity contribution in [2.45, 2.75) is 31.8 Å². The Kier molecular flexibility index (Phi) is 2.64. The fourth-order valence-electron chi connectivity index (χ4n) is 1.54. The van der Waals surface area contributed by atoms with Crippen LogP contribution in [0.5, 0.6) is 0 Å². The highest BCUT2D eigenvalue weighted by Gasteiger charge is 2.22. The van der Waals surface area contributed by atoms with E-state index in [-0.39, 0.29) is 12.1 Å². The summed E-state index contributed by atoms with van der Waals surface area (Å²) in [5.74, 6) is -0.0313. The van der Waals surface area contributed by atoms with E-state index in [4.69, 9.17) is 4.74 Å². The molecule has 0 aromatic carbocycles. The summed E-state index contributed by atoms with van der Waals surface area (Å²) in [4.78, 5) is 12.2. The quantitative estimate of drug-likeness (QED) is 0.694. The molecule has 0 aliphatic carbocycles. The number of esters is 1. The molecule has 1 saturated heterocycles. The summed E-state index contributed by atoms with van der Waals surface area (Å²) >= 11 is 1.77. The molecule has 1 aromatic rings. The van der Waals surface area contributed by atoms with Crippen LogP contribution in [0.4, 0.5) is 0 Å². The van der Waals surface area contributed by atoms with Crippen molar-refractivity contribution in [1.82, 2.24) is 0 Å². The lowest BCUT2D eigenvalue weighted by Crippen LogP contribution is -2.07. The van der Waals surface area contributed by atoms with Crippen LogP contribution >= 0.6 is 11.3 Å². The van der Waals surface area contributed by atoms with Gasteiger partial charge in [0.1, 0.15) is 6.10 Å². The first-order valence-electron chi connectivity index (χ1n) is 4.56. The zero-order valence-corrected chi connectivity index (χ0v) is 8.18. The van der Waals surface area contributed by atoms with E-state index in [2.05, 4.69) is 17.5 Å². The normalized spacial score (nSPS) is 21.8. The highest BCUT2D eigenvalue weighted by atomic mass is 32.1. The monoisotopic (exact) mass is 196 g/mol. The minimum absolute atomic E-state index is 0.0313. The molecule has 0 spiro atoms. The van der Waals surface area contributed by atoms with Gasteiger partial charge in [0.25, 0.3) is 0 Å². The molecule has 1 aliphatic heterocycles. The maximum absolute atomic E-state index is 10.8. The van der Waals surface area contributed by atoms with Crippen LogP contribution in [0.2, 0.25) is 0 Å². The van der Waals surface area contributed by atoms with Gasteiger partial charge in [-0.1, -0.05) is 6.07 Å². The molecule has 0 bridgehead atoms. The van der Waals surface area contributed by atoms with Crippen LogP contribution in [0.1, 0.15) is 24.1 Å². The van der Waals surface area contributed by atoms with Gasteiger partial charge in [0, 0.05) is 11.3 Å². The lowest BCUT2D eigenvalue weighted by atomic mass is 10.1. The van der Waals surface area contributed by atoms with Crippen molar-refractivity contribution in [2.75, 3.05) is 0 Å². The minimum atomic E-state index is -0.0313. The van der Waals surface area contributed by atoms with E-state index in [9.17, 15) is 4.79 Å². The molecule has 70 valence electrons. The van der Waals surface area contributed by atoms with Crippen molar-refractivity contribution >= 4 is 17.3 Å². The molecule has 0 unspecified atom stereocenters. The maximum Gasteiger partial charge on any atom is 0.306 e. The van der Waals surface area contributed by atoms with Crippen molar-refractivity contribution in [1.29, 1.82) is 0 Å². The van der Waals surface area contributed by atoms with Crippen molar-refractivity contribution < 1.29 is 9.53 Å². The molecule has 2 rings (SSSR count). The van der Waals surface area contributed by atoms with Gasteiger partial charge in [-0.05, 0) is 30.7 Å². The third-order valence-corrected chi connectivity index (χ3v) is 3.20. The second-order valence-electron chi connectivity index (χ2n) is 3.27. The Hall–Kier alpha value is -0.830. The predicted octanol–water partition coefficient (Wildman–Crippen LogP) is 2.39. The number of hydrogen-bond donors (Lipinski definition) is 0. The molecule has 13 heavy (non-hydrogen) atoms. The standard InChI is InChI=1S/C10H12O2S/c11-10-6-4-8(12-10)3-5-9-2-1-7-13-9/h1-2,7-8H,3-6H2/t8-/m0/s1. The van der Waals surface area contributed by atoms with Gasteiger partial charge in [-0.15, -0.1) is 11.3 Å². The van der Waals surface area contributed by atoms with Crippen LogP contribution in [0.25, 0.3) is 0 Å². The van der Waals surface area contributed by atoms with E-state index in [0.717, 1.165) is 19.3 Å². The average Bonchev–Trinajstić information content (AvgIpc) is 2.71. The summed E-state index contributed by atoms with van der Waals surface area (Å²) in [6.07, 6.45) is 3.70. The molecule has 0 N–H and O–H groups in total. The van der Waals surface area contributed by atoms with Crippen LogP contribution in [0, 0.1) is 0 Å². The molecule has 0 radical (unpaired) electrons. The number of thiophene rings is 1. The van der Waals surface area contributed by atoms with E-state index in [1.54, 1.807) is 11.3 Å². The van der Waals surface area contributed by atoms with Crippen molar-refractivity contribution in [3.05, 3.63) is 22.4 Å². The number of cyclic esters (lactones) is 1. The van der Waals surface area contributed by atoms with Gasteiger partial charge in [0.05, 0.1) is 0 Å². The Bertz CT molecular complexity index is 279. The molecular weight excluding hydrogens is 184 g/mol. The number of hydrogen-bond acceptors (Lipinski definition) is 3. The second kappa shape index (κ2) is 3.92. The maximum atomic E-state index is 10.8. The Morgan fingerprint density at radius 3 is 3.15 bits per heavy atom. The van der Waals surface area contributed by atoms with Gasteiger partial charge in [0.15, 0.2) is 0 Å². The van der Waals surface area contributed by atoms with Gasteiger partial charge in [0.2, 0.25) is 0 Å². The zero-order chi connectivity index (χ0) is 9.10. The largest absolute Gasteiger partial charge is 0.462 e. The van der Waals surface area contributed by atoms with E-state index >= 15 is 0 Å². The van der Waals surface area contributed by atoms with E-state index in [1.165, 1.54) is 4.88 Å². The second-order valence-corrected chi connectivity index (χ2v) is 4.30. The average molecular weight is 196 g/mol. The van der Waals surface area contributed by atoms with E-state index in [0.29, 0.717) is 6.42 Å². The first-order valence-corrected chi connectivity index (χ1v) is 5.44. The van der Waals surface area contributed by atoms with Gasteiger partial charge in [-0.2, -0.15) is 0 Å². The summed E-state index contributed by atoms with van der Waals surface area (Å²) < 4.78 is 5.13. The molecule has 0 saturated carbocycles. The number of rotatable bonds is 3. The summed E-state index contributed by atoms with van der Waals surface area (Å²) in [6, 6.07) is 4.18. The number of carbonyl (C=O) groups excluding carboxylic acids is 1. The molecule has 1 aliphatic rings. The van der Waals surface area contributed by atoms with Crippen LogP contribution in [0.3, 0.4) is 0 Å². The Morgan fingerprint density at radius 1 is 1.62 bits per heavy atom. The Morgan fingerprint density at radius 2 is 2.54 bits per heavy atom. The SMILES string of the molecule is O=C1CC[C@H](CCc2cccs2)O1. The Balaban J connectivity index is 1.77. The predicted molar refractivity (Wildman–Crippen MR) is 51.8 cm³/mol. The number of aryl methyl sites for hydroxylation is 1. The molecule has 2 nitrogen and oxygen atoms in total. The lowest BCUT2D eigenvalue weighted by Gasteiger charge is -2.06. The summed E-state index contributed by atoms with van der Waals surface area (Å²) in [7, 11) is 0. The van der Waals surface area contributed by atoms with Gasteiger partial charge >= 0.3 is 5.97 Å². The van der Waals surface area contributed by atoms with E-state index < -0.39 is 0 Å². The molecule has 1 atom stereocenters. The lowest BCUT2D eigenvalue weighted by molar-refractivity contribution is -0.141. The molecule has 1 aromatic heterocycles. The molecule has 3 heteroatoms.